The summed E-state index contributed by atoms with van der Waals surface area (Å²) in [4.78, 5) is 29.4. The monoisotopic (exact) mass is 458 g/mol. The number of carbonyl (C=O) groups excluding carboxylic acids is 2. The van der Waals surface area contributed by atoms with Crippen molar-refractivity contribution in [2.45, 2.75) is 20.0 Å². The average molecular weight is 459 g/mol. The quantitative estimate of drug-likeness (QED) is 0.561. The van der Waals surface area contributed by atoms with Crippen molar-refractivity contribution in [3.8, 4) is 5.75 Å². The highest BCUT2D eigenvalue weighted by Gasteiger charge is 2.31. The lowest BCUT2D eigenvalue weighted by atomic mass is 10.1. The number of para-hydroxylation sites is 1. The number of aryl methyl sites for hydroxylation is 1. The second kappa shape index (κ2) is 9.35. The fraction of sp³-hybridized carbons (Fsp3) is 0.273. The topological polar surface area (TPSA) is 88.8 Å². The average Bonchev–Trinajstić information content (AvgIpc) is 3.13. The van der Waals surface area contributed by atoms with Gasteiger partial charge in [0.05, 0.1) is 17.1 Å². The van der Waals surface area contributed by atoms with Gasteiger partial charge in [0.15, 0.2) is 0 Å². The molecule has 8 nitrogen and oxygen atoms in total. The summed E-state index contributed by atoms with van der Waals surface area (Å²) in [6.07, 6.45) is 0. The van der Waals surface area contributed by atoms with Crippen LogP contribution in [0.1, 0.15) is 27.7 Å². The van der Waals surface area contributed by atoms with Crippen molar-refractivity contribution in [3.63, 3.8) is 0 Å². The summed E-state index contributed by atoms with van der Waals surface area (Å²) in [6, 6.07) is 11.8. The molecule has 4 rings (SSSR count). The second-order valence-corrected chi connectivity index (χ2v) is 7.57. The van der Waals surface area contributed by atoms with E-state index in [0.717, 1.165) is 5.56 Å². The summed E-state index contributed by atoms with van der Waals surface area (Å²) in [5.41, 5.74) is 1.62. The number of fused-ring (bicyclic) bond motifs is 1. The number of rotatable bonds is 6. The zero-order chi connectivity index (χ0) is 22.7. The lowest BCUT2D eigenvalue weighted by Gasteiger charge is -2.23. The van der Waals surface area contributed by atoms with Crippen molar-refractivity contribution in [2.75, 3.05) is 24.7 Å². The van der Waals surface area contributed by atoms with Gasteiger partial charge in [0.2, 0.25) is 17.7 Å². The molecule has 2 aromatic carbocycles. The molecule has 0 aliphatic carbocycles. The summed E-state index contributed by atoms with van der Waals surface area (Å²) in [5, 5.41) is 7.91. The number of hydrogen-bond donors (Lipinski definition) is 0. The lowest BCUT2D eigenvalue weighted by Crippen LogP contribution is -2.40. The van der Waals surface area contributed by atoms with Crippen molar-refractivity contribution < 1.29 is 23.1 Å². The number of halogens is 2. The van der Waals surface area contributed by atoms with Crippen LogP contribution in [-0.2, 0) is 17.9 Å². The van der Waals surface area contributed by atoms with Crippen LogP contribution in [0.25, 0.3) is 0 Å². The molecular weight excluding hydrogens is 439 g/mol. The maximum Gasteiger partial charge on any atom is 0.260 e. The number of hydrogen-bond acceptors (Lipinski definition) is 6. The van der Waals surface area contributed by atoms with E-state index in [9.17, 15) is 14.0 Å². The summed E-state index contributed by atoms with van der Waals surface area (Å²) in [5.74, 6) is 0.387. The van der Waals surface area contributed by atoms with Gasteiger partial charge in [0, 0.05) is 19.2 Å². The molecule has 1 aromatic heterocycles. The van der Waals surface area contributed by atoms with E-state index in [-0.39, 0.29) is 42.7 Å². The van der Waals surface area contributed by atoms with Crippen molar-refractivity contribution in [3.05, 3.63) is 70.4 Å². The number of ether oxygens (including phenoxy) is 1. The molecule has 3 aromatic rings. The molecule has 0 radical (unpaired) electrons. The molecule has 0 N–H and O–H groups in total. The minimum Gasteiger partial charge on any atom is -0.491 e. The fourth-order valence-corrected chi connectivity index (χ4v) is 3.72. The van der Waals surface area contributed by atoms with Crippen LogP contribution in [0.2, 0.25) is 5.02 Å². The standard InChI is InChI=1S/C22H20ClFN4O4/c1-14-25-26-20(32-14)12-27-11-15-4-2-3-5-19(15)28(13-21(27)29)22(30)17-7-6-16(10-18(17)23)31-9-8-24/h2-7,10H,8-9,11-13H2,1H3. The van der Waals surface area contributed by atoms with Gasteiger partial charge in [-0.3, -0.25) is 14.5 Å². The Bertz CT molecular complexity index is 1150. The first-order chi connectivity index (χ1) is 15.5. The number of alkyl halides is 1. The van der Waals surface area contributed by atoms with Crippen LogP contribution in [-0.4, -0.2) is 46.7 Å². The Morgan fingerprint density at radius 1 is 1.22 bits per heavy atom. The highest BCUT2D eigenvalue weighted by atomic mass is 35.5. The molecule has 0 saturated heterocycles. The number of benzene rings is 2. The van der Waals surface area contributed by atoms with Crippen LogP contribution in [0, 0.1) is 6.92 Å². The van der Waals surface area contributed by atoms with E-state index >= 15 is 0 Å². The molecule has 0 spiro atoms. The molecule has 0 atom stereocenters. The van der Waals surface area contributed by atoms with Crippen LogP contribution >= 0.6 is 11.6 Å². The van der Waals surface area contributed by atoms with Gasteiger partial charge in [0.25, 0.3) is 5.91 Å². The summed E-state index contributed by atoms with van der Waals surface area (Å²) >= 11 is 6.32. The zero-order valence-corrected chi connectivity index (χ0v) is 18.0. The molecule has 32 heavy (non-hydrogen) atoms. The molecule has 2 amide bonds. The predicted octanol–water partition coefficient (Wildman–Crippen LogP) is 3.57. The smallest absolute Gasteiger partial charge is 0.260 e. The van der Waals surface area contributed by atoms with Gasteiger partial charge in [-0.15, -0.1) is 10.2 Å². The molecule has 10 heteroatoms. The van der Waals surface area contributed by atoms with Crippen LogP contribution in [0.3, 0.4) is 0 Å². The minimum atomic E-state index is -0.634. The first-order valence-electron chi connectivity index (χ1n) is 9.91. The van der Waals surface area contributed by atoms with E-state index in [2.05, 4.69) is 10.2 Å². The Balaban J connectivity index is 1.63. The number of aromatic nitrogens is 2. The third-order valence-electron chi connectivity index (χ3n) is 4.95. The molecule has 1 aliphatic rings. The van der Waals surface area contributed by atoms with Gasteiger partial charge >= 0.3 is 0 Å². The van der Waals surface area contributed by atoms with Gasteiger partial charge in [-0.05, 0) is 29.8 Å². The highest BCUT2D eigenvalue weighted by molar-refractivity contribution is 6.34. The Labute approximate surface area is 188 Å². The van der Waals surface area contributed by atoms with E-state index < -0.39 is 12.6 Å². The molecular formula is C22H20ClFN4O4. The molecule has 0 bridgehead atoms. The predicted molar refractivity (Wildman–Crippen MR) is 114 cm³/mol. The van der Waals surface area contributed by atoms with E-state index in [4.69, 9.17) is 20.8 Å². The van der Waals surface area contributed by atoms with Crippen LogP contribution in [0.15, 0.2) is 46.9 Å². The number of anilines is 1. The Morgan fingerprint density at radius 2 is 2.03 bits per heavy atom. The molecule has 0 fully saturated rings. The van der Waals surface area contributed by atoms with Crippen LogP contribution < -0.4 is 9.64 Å². The van der Waals surface area contributed by atoms with E-state index in [1.165, 1.54) is 17.0 Å². The van der Waals surface area contributed by atoms with Gasteiger partial charge in [0.1, 0.15) is 25.6 Å². The van der Waals surface area contributed by atoms with Gasteiger partial charge in [-0.2, -0.15) is 0 Å². The fourth-order valence-electron chi connectivity index (χ4n) is 3.47. The van der Waals surface area contributed by atoms with Crippen molar-refractivity contribution in [1.82, 2.24) is 15.1 Å². The normalized spacial score (nSPS) is 13.7. The summed E-state index contributed by atoms with van der Waals surface area (Å²) in [7, 11) is 0. The molecule has 1 aliphatic heterocycles. The molecule has 166 valence electrons. The number of carbonyl (C=O) groups is 2. The first kappa shape index (κ1) is 21.8. The Kier molecular flexibility index (Phi) is 6.36. The molecule has 0 unspecified atom stereocenters. The van der Waals surface area contributed by atoms with E-state index in [0.29, 0.717) is 23.2 Å². The summed E-state index contributed by atoms with van der Waals surface area (Å²) in [6.45, 7) is 1.17. The van der Waals surface area contributed by atoms with Crippen molar-refractivity contribution >= 4 is 29.1 Å². The van der Waals surface area contributed by atoms with E-state index in [1.807, 2.05) is 12.1 Å². The second-order valence-electron chi connectivity index (χ2n) is 7.16. The Morgan fingerprint density at radius 3 is 2.75 bits per heavy atom. The maximum atomic E-state index is 13.4. The van der Waals surface area contributed by atoms with Gasteiger partial charge in [-0.25, -0.2) is 4.39 Å². The van der Waals surface area contributed by atoms with Crippen LogP contribution in [0.4, 0.5) is 10.1 Å². The van der Waals surface area contributed by atoms with Gasteiger partial charge in [-0.1, -0.05) is 29.8 Å². The van der Waals surface area contributed by atoms with Crippen molar-refractivity contribution in [2.24, 2.45) is 0 Å². The zero-order valence-electron chi connectivity index (χ0n) is 17.3. The third-order valence-corrected chi connectivity index (χ3v) is 5.26. The number of nitrogens with zero attached hydrogens (tertiary/aromatic N) is 4. The van der Waals surface area contributed by atoms with Crippen molar-refractivity contribution in [1.29, 1.82) is 0 Å². The van der Waals surface area contributed by atoms with Crippen LogP contribution in [0.5, 0.6) is 5.75 Å². The highest BCUT2D eigenvalue weighted by Crippen LogP contribution is 2.30. The molecule has 0 saturated carbocycles. The molecule has 2 heterocycles. The number of amides is 2. The minimum absolute atomic E-state index is 0.104. The largest absolute Gasteiger partial charge is 0.491 e. The summed E-state index contributed by atoms with van der Waals surface area (Å²) < 4.78 is 23.0. The van der Waals surface area contributed by atoms with Gasteiger partial charge < -0.3 is 14.1 Å². The lowest BCUT2D eigenvalue weighted by molar-refractivity contribution is -0.131. The van der Waals surface area contributed by atoms with E-state index in [1.54, 1.807) is 30.0 Å². The first-order valence-corrected chi connectivity index (χ1v) is 10.3. The Hall–Kier alpha value is -3.46. The maximum absolute atomic E-state index is 13.4. The third kappa shape index (κ3) is 4.57. The SMILES string of the molecule is Cc1nnc(CN2Cc3ccccc3N(C(=O)c3ccc(OCCF)cc3Cl)CC2=O)o1.